The van der Waals surface area contributed by atoms with Gasteiger partial charge in [0.15, 0.2) is 5.65 Å². The zero-order chi connectivity index (χ0) is 23.9. The molecule has 0 atom stereocenters. The van der Waals surface area contributed by atoms with Gasteiger partial charge in [-0.3, -0.25) is 0 Å². The van der Waals surface area contributed by atoms with Crippen LogP contribution in [0.2, 0.25) is 0 Å². The summed E-state index contributed by atoms with van der Waals surface area (Å²) in [4.78, 5) is 25.9. The molecule has 0 radical (unpaired) electrons. The average Bonchev–Trinajstić information content (AvgIpc) is 3.28. The molecule has 1 saturated carbocycles. The van der Waals surface area contributed by atoms with Crippen LogP contribution in [0.4, 0.5) is 0 Å². The number of nitrogens with zero attached hydrogens (tertiary/aromatic N) is 4. The van der Waals surface area contributed by atoms with Crippen LogP contribution in [0.25, 0.3) is 44.7 Å². The van der Waals surface area contributed by atoms with Crippen molar-refractivity contribution in [3.8, 4) is 22.6 Å². The van der Waals surface area contributed by atoms with E-state index >= 15 is 0 Å². The number of carboxylic acids is 1. The Morgan fingerprint density at radius 3 is 2.57 bits per heavy atom. The molecule has 6 rings (SSSR count). The highest BCUT2D eigenvalue weighted by Gasteiger charge is 2.24. The van der Waals surface area contributed by atoms with E-state index in [1.54, 1.807) is 6.07 Å². The molecular weight excluding hydrogens is 504 g/mol. The average molecular weight is 527 g/mol. The van der Waals surface area contributed by atoms with E-state index in [2.05, 4.69) is 49.7 Å². The lowest BCUT2D eigenvalue weighted by atomic mass is 9.95. The summed E-state index contributed by atoms with van der Waals surface area (Å²) in [6.07, 6.45) is 7.18. The molecule has 6 nitrogen and oxygen atoms in total. The number of imidazole rings is 1. The van der Waals surface area contributed by atoms with E-state index in [0.717, 1.165) is 56.5 Å². The molecule has 5 aromatic rings. The standard InChI is InChI=1S/C28H23BrN4O2/c29-22-9-5-4-8-21(22)24-13-10-17-14-18(11-12-23(17)31-24)26-32-25-15-19(28(34)35)16-30-27(25)33(26)20-6-2-1-3-7-20/h4-5,8-16,20H,1-3,6-7H2,(H,34,35). The van der Waals surface area contributed by atoms with E-state index in [4.69, 9.17) is 9.97 Å². The molecule has 0 saturated heterocycles. The lowest BCUT2D eigenvalue weighted by molar-refractivity contribution is 0.0696. The molecule has 174 valence electrons. The summed E-state index contributed by atoms with van der Waals surface area (Å²) in [5, 5.41) is 10.5. The number of aromatic carboxylic acids is 1. The second-order valence-electron chi connectivity index (χ2n) is 9.05. The van der Waals surface area contributed by atoms with Gasteiger partial charge in [0.25, 0.3) is 0 Å². The molecular formula is C28H23BrN4O2. The largest absolute Gasteiger partial charge is 0.478 e. The van der Waals surface area contributed by atoms with Crippen LogP contribution in [-0.2, 0) is 0 Å². The fourth-order valence-electron chi connectivity index (χ4n) is 5.07. The molecule has 7 heteroatoms. The fraction of sp³-hybridized carbons (Fsp3) is 0.214. The minimum absolute atomic E-state index is 0.152. The van der Waals surface area contributed by atoms with E-state index < -0.39 is 5.97 Å². The third-order valence-electron chi connectivity index (χ3n) is 6.81. The molecule has 3 heterocycles. The Balaban J connectivity index is 1.48. The maximum absolute atomic E-state index is 11.5. The van der Waals surface area contributed by atoms with Gasteiger partial charge in [0, 0.05) is 33.2 Å². The summed E-state index contributed by atoms with van der Waals surface area (Å²) in [6, 6.07) is 20.3. The molecule has 3 aromatic heterocycles. The van der Waals surface area contributed by atoms with Crippen molar-refractivity contribution < 1.29 is 9.90 Å². The Bertz CT molecular complexity index is 1590. The minimum atomic E-state index is -0.995. The summed E-state index contributed by atoms with van der Waals surface area (Å²) in [6.45, 7) is 0. The summed E-state index contributed by atoms with van der Waals surface area (Å²) >= 11 is 3.62. The third-order valence-corrected chi connectivity index (χ3v) is 7.51. The molecule has 35 heavy (non-hydrogen) atoms. The maximum Gasteiger partial charge on any atom is 0.337 e. The summed E-state index contributed by atoms with van der Waals surface area (Å²) in [7, 11) is 0. The quantitative estimate of drug-likeness (QED) is 0.266. The number of benzene rings is 2. The smallest absolute Gasteiger partial charge is 0.337 e. The van der Waals surface area contributed by atoms with Crippen LogP contribution in [-0.4, -0.2) is 30.6 Å². The summed E-state index contributed by atoms with van der Waals surface area (Å²) in [5.41, 5.74) is 5.38. The molecule has 2 aromatic carbocycles. The van der Waals surface area contributed by atoms with Gasteiger partial charge in [-0.25, -0.2) is 19.7 Å². The molecule has 0 aliphatic heterocycles. The van der Waals surface area contributed by atoms with Gasteiger partial charge in [-0.15, -0.1) is 0 Å². The monoisotopic (exact) mass is 526 g/mol. The normalized spacial score (nSPS) is 14.5. The van der Waals surface area contributed by atoms with Gasteiger partial charge in [0.05, 0.1) is 16.8 Å². The number of rotatable bonds is 4. The first-order valence-electron chi connectivity index (χ1n) is 11.9. The van der Waals surface area contributed by atoms with E-state index in [1.165, 1.54) is 25.5 Å². The topological polar surface area (TPSA) is 80.9 Å². The van der Waals surface area contributed by atoms with E-state index in [-0.39, 0.29) is 5.56 Å². The molecule has 1 N–H and O–H groups in total. The molecule has 1 fully saturated rings. The van der Waals surface area contributed by atoms with Crippen molar-refractivity contribution in [2.45, 2.75) is 38.1 Å². The molecule has 0 spiro atoms. The predicted molar refractivity (Wildman–Crippen MR) is 140 cm³/mol. The second kappa shape index (κ2) is 8.89. The zero-order valence-electron chi connectivity index (χ0n) is 19.0. The lowest BCUT2D eigenvalue weighted by Gasteiger charge is -2.25. The number of carbonyl (C=O) groups is 1. The Hall–Kier alpha value is -3.58. The first-order chi connectivity index (χ1) is 17.1. The first kappa shape index (κ1) is 21.9. The number of pyridine rings is 2. The van der Waals surface area contributed by atoms with Gasteiger partial charge in [-0.05, 0) is 49.2 Å². The molecule has 0 bridgehead atoms. The molecule has 0 unspecified atom stereocenters. The number of aromatic nitrogens is 4. The van der Waals surface area contributed by atoms with E-state index in [1.807, 2.05) is 30.3 Å². The number of carboxylic acid groups (broad SMARTS) is 1. The lowest BCUT2D eigenvalue weighted by Crippen LogP contribution is -2.14. The third kappa shape index (κ3) is 4.00. The summed E-state index contributed by atoms with van der Waals surface area (Å²) < 4.78 is 3.24. The van der Waals surface area contributed by atoms with Crippen molar-refractivity contribution in [1.29, 1.82) is 0 Å². The van der Waals surface area contributed by atoms with Crippen LogP contribution in [0.15, 0.2) is 71.3 Å². The summed E-state index contributed by atoms with van der Waals surface area (Å²) in [5.74, 6) is -0.162. The zero-order valence-corrected chi connectivity index (χ0v) is 20.6. The van der Waals surface area contributed by atoms with E-state index in [0.29, 0.717) is 11.6 Å². The molecule has 1 aliphatic carbocycles. The van der Waals surface area contributed by atoms with E-state index in [9.17, 15) is 9.90 Å². The Morgan fingerprint density at radius 2 is 1.77 bits per heavy atom. The number of fused-ring (bicyclic) bond motifs is 2. The van der Waals surface area contributed by atoms with Gasteiger partial charge < -0.3 is 9.67 Å². The Kier molecular flexibility index (Phi) is 5.57. The number of hydrogen-bond acceptors (Lipinski definition) is 4. The number of hydrogen-bond donors (Lipinski definition) is 1. The van der Waals surface area contributed by atoms with Gasteiger partial charge >= 0.3 is 5.97 Å². The molecule has 0 amide bonds. The number of halogens is 1. The van der Waals surface area contributed by atoms with Crippen molar-refractivity contribution in [2.75, 3.05) is 0 Å². The highest BCUT2D eigenvalue weighted by molar-refractivity contribution is 9.10. The van der Waals surface area contributed by atoms with Crippen LogP contribution in [0.1, 0.15) is 48.5 Å². The van der Waals surface area contributed by atoms with Gasteiger partial charge in [0.2, 0.25) is 0 Å². The van der Waals surface area contributed by atoms with Crippen molar-refractivity contribution in [3.63, 3.8) is 0 Å². The van der Waals surface area contributed by atoms with Crippen molar-refractivity contribution in [2.24, 2.45) is 0 Å². The van der Waals surface area contributed by atoms with Crippen LogP contribution in [0.3, 0.4) is 0 Å². The fourth-order valence-corrected chi connectivity index (χ4v) is 5.56. The Morgan fingerprint density at radius 1 is 0.943 bits per heavy atom. The SMILES string of the molecule is O=C(O)c1cnc2c(c1)nc(-c1ccc3nc(-c4ccccc4Br)ccc3c1)n2C1CCCCC1. The van der Waals surface area contributed by atoms with Gasteiger partial charge in [-0.2, -0.15) is 0 Å². The van der Waals surface area contributed by atoms with Crippen LogP contribution in [0, 0.1) is 0 Å². The van der Waals surface area contributed by atoms with Gasteiger partial charge in [0.1, 0.15) is 11.3 Å². The van der Waals surface area contributed by atoms with Crippen molar-refractivity contribution in [1.82, 2.24) is 19.5 Å². The predicted octanol–water partition coefficient (Wildman–Crippen LogP) is 7.28. The van der Waals surface area contributed by atoms with Crippen molar-refractivity contribution in [3.05, 3.63) is 76.9 Å². The highest BCUT2D eigenvalue weighted by atomic mass is 79.9. The second-order valence-corrected chi connectivity index (χ2v) is 9.91. The van der Waals surface area contributed by atoms with Crippen LogP contribution < -0.4 is 0 Å². The highest BCUT2D eigenvalue weighted by Crippen LogP contribution is 2.36. The molecule has 1 aliphatic rings. The van der Waals surface area contributed by atoms with Crippen LogP contribution >= 0.6 is 15.9 Å². The van der Waals surface area contributed by atoms with Crippen molar-refractivity contribution >= 4 is 44.0 Å². The van der Waals surface area contributed by atoms with Gasteiger partial charge in [-0.1, -0.05) is 59.5 Å². The van der Waals surface area contributed by atoms with Crippen LogP contribution in [0.5, 0.6) is 0 Å². The maximum atomic E-state index is 11.5. The minimum Gasteiger partial charge on any atom is -0.478 e. The Labute approximate surface area is 210 Å². The first-order valence-corrected chi connectivity index (χ1v) is 12.6.